The van der Waals surface area contributed by atoms with Crippen LogP contribution in [0.3, 0.4) is 0 Å². The lowest BCUT2D eigenvalue weighted by atomic mass is 10.1. The van der Waals surface area contributed by atoms with Crippen LogP contribution in [0.2, 0.25) is 0 Å². The number of nitro benzene ring substituents is 1. The molecule has 0 aliphatic carbocycles. The minimum atomic E-state index is -0.421. The van der Waals surface area contributed by atoms with Crippen LogP contribution < -0.4 is 10.5 Å². The van der Waals surface area contributed by atoms with Gasteiger partial charge in [0, 0.05) is 23.7 Å². The monoisotopic (exact) mass is 272 g/mol. The second kappa shape index (κ2) is 6.16. The summed E-state index contributed by atoms with van der Waals surface area (Å²) < 4.78 is 5.73. The van der Waals surface area contributed by atoms with Crippen molar-refractivity contribution >= 4 is 5.69 Å². The van der Waals surface area contributed by atoms with E-state index in [1.807, 2.05) is 31.2 Å². The molecule has 0 aromatic heterocycles. The SMILES string of the molecule is C[C@H](N)c1ccccc1OCc1ccc([N+](=O)[O-])cc1. The average molecular weight is 272 g/mol. The molecule has 2 aromatic rings. The van der Waals surface area contributed by atoms with Crippen LogP contribution in [-0.2, 0) is 6.61 Å². The van der Waals surface area contributed by atoms with Crippen LogP contribution in [0, 0.1) is 10.1 Å². The van der Waals surface area contributed by atoms with Crippen molar-refractivity contribution in [3.05, 3.63) is 69.8 Å². The maximum atomic E-state index is 10.6. The molecule has 5 heteroatoms. The number of nitrogens with two attached hydrogens (primary N) is 1. The fraction of sp³-hybridized carbons (Fsp3) is 0.200. The van der Waals surface area contributed by atoms with E-state index in [9.17, 15) is 10.1 Å². The first-order valence-electron chi connectivity index (χ1n) is 6.28. The van der Waals surface area contributed by atoms with Crippen molar-refractivity contribution in [3.63, 3.8) is 0 Å². The molecule has 0 heterocycles. The summed E-state index contributed by atoms with van der Waals surface area (Å²) in [5, 5.41) is 10.6. The van der Waals surface area contributed by atoms with Crippen molar-refractivity contribution in [3.8, 4) is 5.75 Å². The number of benzene rings is 2. The molecule has 5 nitrogen and oxygen atoms in total. The molecule has 0 bridgehead atoms. The maximum Gasteiger partial charge on any atom is 0.269 e. The summed E-state index contributed by atoms with van der Waals surface area (Å²) >= 11 is 0. The van der Waals surface area contributed by atoms with Gasteiger partial charge in [0.15, 0.2) is 0 Å². The van der Waals surface area contributed by atoms with Crippen molar-refractivity contribution in [1.82, 2.24) is 0 Å². The lowest BCUT2D eigenvalue weighted by Crippen LogP contribution is -2.07. The standard InChI is InChI=1S/C15H16N2O3/c1-11(16)14-4-2-3-5-15(14)20-10-12-6-8-13(9-7-12)17(18)19/h2-9,11H,10,16H2,1H3/t11-/m0/s1. The highest BCUT2D eigenvalue weighted by Crippen LogP contribution is 2.24. The third kappa shape index (κ3) is 3.33. The number of hydrogen-bond acceptors (Lipinski definition) is 4. The third-order valence-electron chi connectivity index (χ3n) is 2.95. The van der Waals surface area contributed by atoms with E-state index in [0.717, 1.165) is 16.9 Å². The van der Waals surface area contributed by atoms with Crippen molar-refractivity contribution in [2.75, 3.05) is 0 Å². The van der Waals surface area contributed by atoms with Gasteiger partial charge >= 0.3 is 0 Å². The van der Waals surface area contributed by atoms with Gasteiger partial charge in [-0.1, -0.05) is 18.2 Å². The Balaban J connectivity index is 2.07. The second-order valence-corrected chi connectivity index (χ2v) is 4.54. The summed E-state index contributed by atoms with van der Waals surface area (Å²) in [4.78, 5) is 10.2. The lowest BCUT2D eigenvalue weighted by Gasteiger charge is -2.13. The van der Waals surface area contributed by atoms with Crippen LogP contribution in [0.15, 0.2) is 48.5 Å². The molecule has 2 rings (SSSR count). The van der Waals surface area contributed by atoms with Crippen LogP contribution in [0.4, 0.5) is 5.69 Å². The fourth-order valence-corrected chi connectivity index (χ4v) is 1.86. The molecule has 0 aliphatic rings. The van der Waals surface area contributed by atoms with Gasteiger partial charge in [-0.2, -0.15) is 0 Å². The minimum Gasteiger partial charge on any atom is -0.489 e. The predicted octanol–water partition coefficient (Wildman–Crippen LogP) is 3.19. The zero-order valence-electron chi connectivity index (χ0n) is 11.2. The molecule has 2 N–H and O–H groups in total. The molecule has 0 saturated heterocycles. The van der Waals surface area contributed by atoms with Gasteiger partial charge in [-0.15, -0.1) is 0 Å². The number of nitro groups is 1. The Morgan fingerprint density at radius 2 is 1.85 bits per heavy atom. The Kier molecular flexibility index (Phi) is 4.32. The number of non-ortho nitro benzene ring substituents is 1. The van der Waals surface area contributed by atoms with Gasteiger partial charge in [0.25, 0.3) is 5.69 Å². The molecule has 2 aromatic carbocycles. The third-order valence-corrected chi connectivity index (χ3v) is 2.95. The van der Waals surface area contributed by atoms with Gasteiger partial charge in [-0.25, -0.2) is 0 Å². The summed E-state index contributed by atoms with van der Waals surface area (Å²) in [5.41, 5.74) is 7.77. The Labute approximate surface area is 117 Å². The number of rotatable bonds is 5. The summed E-state index contributed by atoms with van der Waals surface area (Å²) in [5.74, 6) is 0.737. The van der Waals surface area contributed by atoms with Crippen molar-refractivity contribution in [1.29, 1.82) is 0 Å². The molecular formula is C15H16N2O3. The molecule has 0 amide bonds. The largest absolute Gasteiger partial charge is 0.489 e. The molecule has 0 aliphatic heterocycles. The quantitative estimate of drug-likeness (QED) is 0.669. The summed E-state index contributed by atoms with van der Waals surface area (Å²) in [7, 11) is 0. The Morgan fingerprint density at radius 1 is 1.20 bits per heavy atom. The normalized spacial score (nSPS) is 11.9. The van der Waals surface area contributed by atoms with Gasteiger partial charge < -0.3 is 10.5 Å². The van der Waals surface area contributed by atoms with E-state index in [2.05, 4.69) is 0 Å². The summed E-state index contributed by atoms with van der Waals surface area (Å²) in [6, 6.07) is 13.8. The molecule has 0 saturated carbocycles. The summed E-state index contributed by atoms with van der Waals surface area (Å²) in [6.07, 6.45) is 0. The number of ether oxygens (including phenoxy) is 1. The van der Waals surface area contributed by atoms with Crippen molar-refractivity contribution < 1.29 is 9.66 Å². The zero-order valence-corrected chi connectivity index (χ0v) is 11.2. The molecule has 104 valence electrons. The molecule has 0 radical (unpaired) electrons. The molecular weight excluding hydrogens is 256 g/mol. The van der Waals surface area contributed by atoms with E-state index in [-0.39, 0.29) is 11.7 Å². The van der Waals surface area contributed by atoms with Crippen molar-refractivity contribution in [2.24, 2.45) is 5.73 Å². The number of nitrogens with zero attached hydrogens (tertiary/aromatic N) is 1. The van der Waals surface area contributed by atoms with Gasteiger partial charge in [0.05, 0.1) is 4.92 Å². The summed E-state index contributed by atoms with van der Waals surface area (Å²) in [6.45, 7) is 2.25. The van der Waals surface area contributed by atoms with E-state index < -0.39 is 4.92 Å². The topological polar surface area (TPSA) is 78.4 Å². The van der Waals surface area contributed by atoms with Crippen molar-refractivity contribution in [2.45, 2.75) is 19.6 Å². The molecule has 0 spiro atoms. The van der Waals surface area contributed by atoms with E-state index in [0.29, 0.717) is 6.61 Å². The Morgan fingerprint density at radius 3 is 2.45 bits per heavy atom. The highest BCUT2D eigenvalue weighted by Gasteiger charge is 2.08. The molecule has 1 atom stereocenters. The average Bonchev–Trinajstić information content (AvgIpc) is 2.45. The maximum absolute atomic E-state index is 10.6. The molecule has 20 heavy (non-hydrogen) atoms. The van der Waals surface area contributed by atoms with Gasteiger partial charge in [0.1, 0.15) is 12.4 Å². The van der Waals surface area contributed by atoms with Crippen LogP contribution in [0.5, 0.6) is 5.75 Å². The first-order valence-corrected chi connectivity index (χ1v) is 6.28. The number of hydrogen-bond donors (Lipinski definition) is 1. The Hall–Kier alpha value is -2.40. The molecule has 0 fully saturated rings. The van der Waals surface area contributed by atoms with E-state index in [1.165, 1.54) is 12.1 Å². The van der Waals surface area contributed by atoms with Crippen LogP contribution in [-0.4, -0.2) is 4.92 Å². The van der Waals surface area contributed by atoms with E-state index >= 15 is 0 Å². The lowest BCUT2D eigenvalue weighted by molar-refractivity contribution is -0.384. The van der Waals surface area contributed by atoms with Gasteiger partial charge in [-0.3, -0.25) is 10.1 Å². The Bertz CT molecular complexity index is 594. The predicted molar refractivity (Wildman–Crippen MR) is 76.5 cm³/mol. The highest BCUT2D eigenvalue weighted by molar-refractivity contribution is 5.36. The van der Waals surface area contributed by atoms with Gasteiger partial charge in [-0.05, 0) is 30.7 Å². The first-order chi connectivity index (χ1) is 9.58. The fourth-order valence-electron chi connectivity index (χ4n) is 1.86. The van der Waals surface area contributed by atoms with Crippen LogP contribution >= 0.6 is 0 Å². The minimum absolute atomic E-state index is 0.0738. The van der Waals surface area contributed by atoms with E-state index in [4.69, 9.17) is 10.5 Å². The smallest absolute Gasteiger partial charge is 0.269 e. The second-order valence-electron chi connectivity index (χ2n) is 4.54. The van der Waals surface area contributed by atoms with Crippen LogP contribution in [0.1, 0.15) is 24.1 Å². The van der Waals surface area contributed by atoms with E-state index in [1.54, 1.807) is 12.1 Å². The van der Waals surface area contributed by atoms with Gasteiger partial charge in [0.2, 0.25) is 0 Å². The van der Waals surface area contributed by atoms with Crippen LogP contribution in [0.25, 0.3) is 0 Å². The number of para-hydroxylation sites is 1. The first kappa shape index (κ1) is 14.0. The zero-order chi connectivity index (χ0) is 14.5. The molecule has 0 unspecified atom stereocenters. The highest BCUT2D eigenvalue weighted by atomic mass is 16.6.